The molecule has 0 fully saturated rings. The Balaban J connectivity index is 2.73. The van der Waals surface area contributed by atoms with Gasteiger partial charge in [0.05, 0.1) is 0 Å². The second-order valence-corrected chi connectivity index (χ2v) is 4.54. The van der Waals surface area contributed by atoms with E-state index in [0.717, 1.165) is 11.3 Å². The second kappa shape index (κ2) is 5.96. The van der Waals surface area contributed by atoms with Gasteiger partial charge >= 0.3 is 0 Å². The van der Waals surface area contributed by atoms with Crippen LogP contribution < -0.4 is 0 Å². The molecule has 1 aliphatic rings. The highest BCUT2D eigenvalue weighted by molar-refractivity contribution is 7.84. The van der Waals surface area contributed by atoms with E-state index in [1.165, 1.54) is 5.57 Å². The molecule has 1 rings (SSSR count). The first kappa shape index (κ1) is 12.3. The monoisotopic (exact) mass is 221 g/mol. The highest BCUT2D eigenvalue weighted by Crippen LogP contribution is 2.30. The average molecular weight is 221 g/mol. The molecule has 0 heterocycles. The lowest BCUT2D eigenvalue weighted by atomic mass is 9.90. The third-order valence-corrected chi connectivity index (χ3v) is 2.93. The quantitative estimate of drug-likeness (QED) is 0.551. The van der Waals surface area contributed by atoms with E-state index in [4.69, 9.17) is 0 Å². The van der Waals surface area contributed by atoms with Crippen molar-refractivity contribution in [2.45, 2.75) is 20.3 Å². The summed E-state index contributed by atoms with van der Waals surface area (Å²) < 4.78 is 0. The van der Waals surface area contributed by atoms with Crippen LogP contribution in [0.15, 0.2) is 39.8 Å². The number of hydrogen-bond donors (Lipinski definition) is 1. The lowest BCUT2D eigenvalue weighted by molar-refractivity contribution is 0.730. The van der Waals surface area contributed by atoms with Gasteiger partial charge in [-0.2, -0.15) is 0 Å². The predicted octanol–water partition coefficient (Wildman–Crippen LogP) is 3.66. The Morgan fingerprint density at radius 1 is 1.53 bits per heavy atom. The molecule has 0 bridgehead atoms. The molecule has 0 N–H and O–H groups in total. The van der Waals surface area contributed by atoms with E-state index in [-0.39, 0.29) is 0 Å². The van der Waals surface area contributed by atoms with Crippen molar-refractivity contribution in [3.05, 3.63) is 34.8 Å². The molecule has 0 amide bonds. The summed E-state index contributed by atoms with van der Waals surface area (Å²) in [6, 6.07) is 0. The largest absolute Gasteiger partial charge is 0.297 e. The summed E-state index contributed by atoms with van der Waals surface area (Å²) in [6.07, 6.45) is 11.6. The zero-order chi connectivity index (χ0) is 11.3. The van der Waals surface area contributed by atoms with Gasteiger partial charge in [-0.15, -0.1) is 12.6 Å². The van der Waals surface area contributed by atoms with Crippen molar-refractivity contribution in [3.63, 3.8) is 0 Å². The molecule has 2 heteroatoms. The number of allylic oxidation sites excluding steroid dienone is 5. The topological polar surface area (TPSA) is 12.4 Å². The van der Waals surface area contributed by atoms with Gasteiger partial charge in [-0.1, -0.05) is 32.1 Å². The molecular weight excluding hydrogens is 202 g/mol. The van der Waals surface area contributed by atoms with Crippen LogP contribution in [0.3, 0.4) is 0 Å². The van der Waals surface area contributed by atoms with Crippen LogP contribution in [0.4, 0.5) is 0 Å². The molecule has 0 saturated carbocycles. The van der Waals surface area contributed by atoms with Gasteiger partial charge in [0.2, 0.25) is 0 Å². The highest BCUT2D eigenvalue weighted by atomic mass is 32.1. The molecule has 0 saturated heterocycles. The Bertz CT molecular complexity index is 321. The van der Waals surface area contributed by atoms with Crippen LogP contribution in [-0.4, -0.2) is 13.3 Å². The van der Waals surface area contributed by atoms with E-state index < -0.39 is 0 Å². The average Bonchev–Trinajstić information content (AvgIpc) is 2.20. The first-order valence-electron chi connectivity index (χ1n) is 5.35. The standard InChI is InChI=1S/C13H19NS/c1-10(2)12-9-11(5-4-8-14-3)6-7-13(12)15/h4-5,7-11,15H,6H2,1-3H3/b5-4-,14-8-. The fraction of sp³-hybridized carbons (Fsp3) is 0.462. The normalized spacial score (nSPS) is 22.6. The number of nitrogens with zero attached hydrogens (tertiary/aromatic N) is 1. The van der Waals surface area contributed by atoms with Gasteiger partial charge in [-0.3, -0.25) is 4.99 Å². The van der Waals surface area contributed by atoms with Crippen molar-refractivity contribution in [1.29, 1.82) is 0 Å². The Morgan fingerprint density at radius 3 is 2.87 bits per heavy atom. The molecule has 0 aliphatic heterocycles. The minimum absolute atomic E-state index is 0.497. The fourth-order valence-corrected chi connectivity index (χ4v) is 2.09. The lowest BCUT2D eigenvalue weighted by Crippen LogP contribution is -2.04. The molecule has 1 nitrogen and oxygen atoms in total. The Morgan fingerprint density at radius 2 is 2.27 bits per heavy atom. The van der Waals surface area contributed by atoms with Crippen LogP contribution in [0, 0.1) is 11.8 Å². The molecule has 0 aromatic rings. The molecule has 0 spiro atoms. The number of hydrogen-bond acceptors (Lipinski definition) is 2. The summed E-state index contributed by atoms with van der Waals surface area (Å²) in [5, 5.41) is 0. The summed E-state index contributed by atoms with van der Waals surface area (Å²) in [5.41, 5.74) is 1.35. The molecular formula is C13H19NS. The summed E-state index contributed by atoms with van der Waals surface area (Å²) in [5.74, 6) is 1.04. The van der Waals surface area contributed by atoms with Crippen LogP contribution in [-0.2, 0) is 0 Å². The zero-order valence-electron chi connectivity index (χ0n) is 9.64. The summed E-state index contributed by atoms with van der Waals surface area (Å²) >= 11 is 4.49. The smallest absolute Gasteiger partial charge is 0.0277 e. The van der Waals surface area contributed by atoms with E-state index in [1.54, 1.807) is 7.05 Å². The molecule has 82 valence electrons. The molecule has 15 heavy (non-hydrogen) atoms. The van der Waals surface area contributed by atoms with Crippen molar-refractivity contribution >= 4 is 18.8 Å². The summed E-state index contributed by atoms with van der Waals surface area (Å²) in [6.45, 7) is 4.41. The van der Waals surface area contributed by atoms with E-state index in [2.05, 4.69) is 49.7 Å². The maximum atomic E-state index is 4.49. The number of rotatable bonds is 3. The maximum Gasteiger partial charge on any atom is 0.0277 e. The predicted molar refractivity (Wildman–Crippen MR) is 71.7 cm³/mol. The van der Waals surface area contributed by atoms with Gasteiger partial charge in [0.1, 0.15) is 0 Å². The van der Waals surface area contributed by atoms with Crippen molar-refractivity contribution in [2.24, 2.45) is 16.8 Å². The first-order valence-corrected chi connectivity index (χ1v) is 5.80. The summed E-state index contributed by atoms with van der Waals surface area (Å²) in [4.78, 5) is 5.06. The maximum absolute atomic E-state index is 4.49. The minimum atomic E-state index is 0.497. The molecule has 0 aromatic carbocycles. The Kier molecular flexibility index (Phi) is 4.89. The minimum Gasteiger partial charge on any atom is -0.297 e. The summed E-state index contributed by atoms with van der Waals surface area (Å²) in [7, 11) is 1.78. The molecule has 1 unspecified atom stereocenters. The van der Waals surface area contributed by atoms with Crippen LogP contribution in [0.2, 0.25) is 0 Å². The van der Waals surface area contributed by atoms with E-state index in [0.29, 0.717) is 11.8 Å². The fourth-order valence-electron chi connectivity index (χ4n) is 1.65. The van der Waals surface area contributed by atoms with Gasteiger partial charge in [0, 0.05) is 18.2 Å². The lowest BCUT2D eigenvalue weighted by Gasteiger charge is -2.19. The van der Waals surface area contributed by atoms with Gasteiger partial charge in [0.15, 0.2) is 0 Å². The number of aliphatic imine (C=N–C) groups is 1. The van der Waals surface area contributed by atoms with E-state index in [9.17, 15) is 0 Å². The van der Waals surface area contributed by atoms with Crippen LogP contribution in [0.5, 0.6) is 0 Å². The third-order valence-electron chi connectivity index (χ3n) is 2.49. The van der Waals surface area contributed by atoms with Gasteiger partial charge in [0.25, 0.3) is 0 Å². The van der Waals surface area contributed by atoms with Crippen molar-refractivity contribution in [1.82, 2.24) is 0 Å². The van der Waals surface area contributed by atoms with Crippen molar-refractivity contribution in [2.75, 3.05) is 7.05 Å². The van der Waals surface area contributed by atoms with Crippen LogP contribution >= 0.6 is 12.6 Å². The van der Waals surface area contributed by atoms with E-state index in [1.807, 2.05) is 12.3 Å². The molecule has 0 aromatic heterocycles. The molecule has 1 atom stereocenters. The zero-order valence-corrected chi connectivity index (χ0v) is 10.5. The molecule has 0 radical (unpaired) electrons. The van der Waals surface area contributed by atoms with Crippen LogP contribution in [0.1, 0.15) is 20.3 Å². The first-order chi connectivity index (χ1) is 7.15. The van der Waals surface area contributed by atoms with Gasteiger partial charge < -0.3 is 0 Å². The van der Waals surface area contributed by atoms with Gasteiger partial charge in [-0.25, -0.2) is 0 Å². The van der Waals surface area contributed by atoms with Crippen molar-refractivity contribution in [3.8, 4) is 0 Å². The Labute approximate surface area is 98.1 Å². The molecule has 1 aliphatic carbocycles. The van der Waals surface area contributed by atoms with Gasteiger partial charge in [-0.05, 0) is 29.9 Å². The second-order valence-electron chi connectivity index (χ2n) is 4.06. The third kappa shape index (κ3) is 3.71. The highest BCUT2D eigenvalue weighted by Gasteiger charge is 2.13. The van der Waals surface area contributed by atoms with Crippen LogP contribution in [0.25, 0.3) is 0 Å². The SMILES string of the molecule is C/N=C\C=C/C1C=C(C(C)C)C(S)=CC1. The Hall–Kier alpha value is -0.760. The van der Waals surface area contributed by atoms with Crippen molar-refractivity contribution < 1.29 is 0 Å². The van der Waals surface area contributed by atoms with E-state index >= 15 is 0 Å². The number of thiol groups is 1.